The molecule has 118 valence electrons. The van der Waals surface area contributed by atoms with Crippen LogP contribution in [-0.2, 0) is 4.79 Å². The lowest BCUT2D eigenvalue weighted by molar-refractivity contribution is -0.130. The number of rotatable bonds is 3. The Balaban J connectivity index is 0.00000220. The highest BCUT2D eigenvalue weighted by Gasteiger charge is 2.33. The third kappa shape index (κ3) is 5.01. The van der Waals surface area contributed by atoms with Gasteiger partial charge in [-0.2, -0.15) is 0 Å². The van der Waals surface area contributed by atoms with Crippen molar-refractivity contribution in [3.8, 4) is 0 Å². The first-order chi connectivity index (χ1) is 9.37. The number of hydrogen-bond acceptors (Lipinski definition) is 2. The van der Waals surface area contributed by atoms with E-state index in [-0.39, 0.29) is 35.7 Å². The maximum absolute atomic E-state index is 12.3. The van der Waals surface area contributed by atoms with E-state index in [0.717, 1.165) is 13.0 Å². The Bertz CT molecular complexity index is 456. The molecule has 0 aliphatic carbocycles. The van der Waals surface area contributed by atoms with Gasteiger partial charge in [-0.1, -0.05) is 51.1 Å². The zero-order valence-corrected chi connectivity index (χ0v) is 14.0. The summed E-state index contributed by atoms with van der Waals surface area (Å²) in [5, 5.41) is 0. The summed E-state index contributed by atoms with van der Waals surface area (Å²) in [5.41, 5.74) is 7.67. The van der Waals surface area contributed by atoms with Crippen molar-refractivity contribution < 1.29 is 4.79 Å². The Morgan fingerprint density at radius 2 is 1.86 bits per heavy atom. The molecular formula is C17H27ClN2O. The normalized spacial score (nSPS) is 22.0. The average Bonchev–Trinajstić information content (AvgIpc) is 2.78. The van der Waals surface area contributed by atoms with Crippen LogP contribution in [0.1, 0.15) is 45.1 Å². The first-order valence-corrected chi connectivity index (χ1v) is 7.45. The number of carbonyl (C=O) groups excluding carboxylic acids is 1. The van der Waals surface area contributed by atoms with Crippen LogP contribution in [0.5, 0.6) is 0 Å². The van der Waals surface area contributed by atoms with Gasteiger partial charge in [-0.25, -0.2) is 0 Å². The second kappa shape index (κ2) is 7.28. The number of carbonyl (C=O) groups is 1. The van der Waals surface area contributed by atoms with E-state index in [4.69, 9.17) is 5.73 Å². The van der Waals surface area contributed by atoms with Crippen molar-refractivity contribution in [3.05, 3.63) is 35.9 Å². The van der Waals surface area contributed by atoms with Gasteiger partial charge in [0.25, 0.3) is 0 Å². The number of halogens is 1. The summed E-state index contributed by atoms with van der Waals surface area (Å²) in [4.78, 5) is 14.2. The zero-order chi connectivity index (χ0) is 14.8. The summed E-state index contributed by atoms with van der Waals surface area (Å²) in [6.07, 6.45) is 1.55. The van der Waals surface area contributed by atoms with Crippen LogP contribution in [0.25, 0.3) is 0 Å². The lowest BCUT2D eigenvalue weighted by atomic mass is 9.90. The molecule has 2 rings (SSSR count). The number of hydrogen-bond donors (Lipinski definition) is 1. The molecule has 2 N–H and O–H groups in total. The van der Waals surface area contributed by atoms with Crippen LogP contribution in [0.15, 0.2) is 30.3 Å². The monoisotopic (exact) mass is 310 g/mol. The van der Waals surface area contributed by atoms with Crippen molar-refractivity contribution in [2.24, 2.45) is 11.1 Å². The average molecular weight is 311 g/mol. The van der Waals surface area contributed by atoms with Crippen LogP contribution in [0.3, 0.4) is 0 Å². The molecule has 0 radical (unpaired) electrons. The first-order valence-electron chi connectivity index (χ1n) is 7.45. The number of benzene rings is 1. The summed E-state index contributed by atoms with van der Waals surface area (Å²) in [6, 6.07) is 10.3. The molecule has 1 amide bonds. The Hall–Kier alpha value is -1.06. The van der Waals surface area contributed by atoms with E-state index in [0.29, 0.717) is 13.0 Å². The fraction of sp³-hybridized carbons (Fsp3) is 0.588. The molecular weight excluding hydrogens is 284 g/mol. The Morgan fingerprint density at radius 1 is 1.24 bits per heavy atom. The molecule has 4 heteroatoms. The predicted molar refractivity (Wildman–Crippen MR) is 89.7 cm³/mol. The Morgan fingerprint density at radius 3 is 2.43 bits per heavy atom. The van der Waals surface area contributed by atoms with Gasteiger partial charge < -0.3 is 10.6 Å². The summed E-state index contributed by atoms with van der Waals surface area (Å²) in [7, 11) is 0. The van der Waals surface area contributed by atoms with Gasteiger partial charge in [0.05, 0.1) is 0 Å². The van der Waals surface area contributed by atoms with Crippen molar-refractivity contribution in [2.45, 2.75) is 45.6 Å². The van der Waals surface area contributed by atoms with Crippen molar-refractivity contribution >= 4 is 18.3 Å². The van der Waals surface area contributed by atoms with Gasteiger partial charge in [-0.05, 0) is 17.4 Å². The lowest BCUT2D eigenvalue weighted by Gasteiger charge is -2.21. The van der Waals surface area contributed by atoms with Crippen LogP contribution >= 0.6 is 12.4 Å². The molecule has 0 unspecified atom stereocenters. The van der Waals surface area contributed by atoms with E-state index in [2.05, 4.69) is 32.9 Å². The summed E-state index contributed by atoms with van der Waals surface area (Å²) >= 11 is 0. The largest absolute Gasteiger partial charge is 0.340 e. The topological polar surface area (TPSA) is 46.3 Å². The van der Waals surface area contributed by atoms with Gasteiger partial charge in [0.15, 0.2) is 0 Å². The zero-order valence-electron chi connectivity index (χ0n) is 13.2. The lowest BCUT2D eigenvalue weighted by Crippen LogP contribution is -2.32. The quantitative estimate of drug-likeness (QED) is 0.932. The van der Waals surface area contributed by atoms with E-state index >= 15 is 0 Å². The molecule has 1 saturated heterocycles. The van der Waals surface area contributed by atoms with Gasteiger partial charge in [0, 0.05) is 31.5 Å². The Kier molecular flexibility index (Phi) is 6.24. The van der Waals surface area contributed by atoms with E-state index in [1.54, 1.807) is 0 Å². The van der Waals surface area contributed by atoms with Crippen molar-refractivity contribution in [1.82, 2.24) is 4.90 Å². The van der Waals surface area contributed by atoms with Gasteiger partial charge >= 0.3 is 0 Å². The fourth-order valence-electron chi connectivity index (χ4n) is 2.73. The summed E-state index contributed by atoms with van der Waals surface area (Å²) < 4.78 is 0. The second-order valence-electron chi connectivity index (χ2n) is 7.04. The van der Waals surface area contributed by atoms with Crippen LogP contribution < -0.4 is 5.73 Å². The third-order valence-corrected chi connectivity index (χ3v) is 4.03. The van der Waals surface area contributed by atoms with Crippen molar-refractivity contribution in [1.29, 1.82) is 0 Å². The number of likely N-dealkylation sites (tertiary alicyclic amines) is 1. The number of nitrogens with two attached hydrogens (primary N) is 1. The van der Waals surface area contributed by atoms with Gasteiger partial charge in [0.1, 0.15) is 0 Å². The third-order valence-electron chi connectivity index (χ3n) is 4.03. The summed E-state index contributed by atoms with van der Waals surface area (Å²) in [5.74, 6) is 0.517. The highest BCUT2D eigenvalue weighted by molar-refractivity contribution is 5.85. The SMILES string of the molecule is CC(C)(C)CCC(=O)N1C[C@@H](N)[C@H](c2ccccc2)C1.Cl. The van der Waals surface area contributed by atoms with Gasteiger partial charge in [0.2, 0.25) is 5.91 Å². The Labute approximate surface area is 134 Å². The van der Waals surface area contributed by atoms with E-state index in [1.165, 1.54) is 5.56 Å². The fourth-order valence-corrected chi connectivity index (χ4v) is 2.73. The van der Waals surface area contributed by atoms with E-state index < -0.39 is 0 Å². The maximum atomic E-state index is 12.3. The molecule has 1 aromatic rings. The van der Waals surface area contributed by atoms with E-state index in [1.807, 2.05) is 23.1 Å². The molecule has 3 nitrogen and oxygen atoms in total. The molecule has 1 aliphatic heterocycles. The molecule has 21 heavy (non-hydrogen) atoms. The number of nitrogens with zero attached hydrogens (tertiary/aromatic N) is 1. The van der Waals surface area contributed by atoms with Crippen LogP contribution in [0.4, 0.5) is 0 Å². The number of amides is 1. The molecule has 0 bridgehead atoms. The van der Waals surface area contributed by atoms with Crippen LogP contribution in [-0.4, -0.2) is 29.9 Å². The molecule has 1 fully saturated rings. The molecule has 1 aromatic carbocycles. The molecule has 2 atom stereocenters. The minimum absolute atomic E-state index is 0. The molecule has 0 aromatic heterocycles. The van der Waals surface area contributed by atoms with Gasteiger partial charge in [-0.3, -0.25) is 4.79 Å². The molecule has 0 saturated carbocycles. The highest BCUT2D eigenvalue weighted by atomic mass is 35.5. The summed E-state index contributed by atoms with van der Waals surface area (Å²) in [6.45, 7) is 7.95. The van der Waals surface area contributed by atoms with E-state index in [9.17, 15) is 4.79 Å². The molecule has 0 spiro atoms. The predicted octanol–water partition coefficient (Wildman–Crippen LogP) is 3.19. The van der Waals surface area contributed by atoms with Crippen LogP contribution in [0, 0.1) is 5.41 Å². The highest BCUT2D eigenvalue weighted by Crippen LogP contribution is 2.28. The maximum Gasteiger partial charge on any atom is 0.222 e. The van der Waals surface area contributed by atoms with Crippen LogP contribution in [0.2, 0.25) is 0 Å². The van der Waals surface area contributed by atoms with Crippen molar-refractivity contribution in [2.75, 3.05) is 13.1 Å². The molecule has 1 aliphatic rings. The molecule has 1 heterocycles. The van der Waals surface area contributed by atoms with Gasteiger partial charge in [-0.15, -0.1) is 12.4 Å². The van der Waals surface area contributed by atoms with Crippen molar-refractivity contribution in [3.63, 3.8) is 0 Å². The second-order valence-corrected chi connectivity index (χ2v) is 7.04. The minimum Gasteiger partial charge on any atom is -0.340 e. The minimum atomic E-state index is 0. The standard InChI is InChI=1S/C17H26N2O.ClH/c1-17(2,3)10-9-16(20)19-11-14(15(18)12-19)13-7-5-4-6-8-13;/h4-8,14-15H,9-12,18H2,1-3H3;1H/t14-,15+;/m0./s1. The smallest absolute Gasteiger partial charge is 0.222 e. The first kappa shape index (κ1) is 18.0.